The monoisotopic (exact) mass is 936 g/mol. The summed E-state index contributed by atoms with van der Waals surface area (Å²) in [6, 6.07) is 32.8. The fourth-order valence-electron chi connectivity index (χ4n) is 5.61. The minimum absolute atomic E-state index is 0. The van der Waals surface area contributed by atoms with E-state index in [1.54, 1.807) is 79.1 Å². The third kappa shape index (κ3) is 14.1. The molecule has 1 unspecified atom stereocenters. The number of aryl methyl sites for hydroxylation is 2. The molecule has 0 saturated heterocycles. The zero-order valence-corrected chi connectivity index (χ0v) is 35.8. The molecule has 0 aliphatic carbocycles. The summed E-state index contributed by atoms with van der Waals surface area (Å²) in [5.74, 6) is 1.42. The molecule has 4 heterocycles. The Morgan fingerprint density at radius 2 is 1.16 bits per heavy atom. The number of anilines is 2. The summed E-state index contributed by atoms with van der Waals surface area (Å²) >= 11 is 36.1. The fraction of sp³-hybridized carbons (Fsp3) is 0.109. The number of aromatic hydroxyl groups is 2. The molecule has 0 aliphatic heterocycles. The lowest BCUT2D eigenvalue weighted by atomic mass is 9.96. The van der Waals surface area contributed by atoms with Gasteiger partial charge in [0.1, 0.15) is 40.5 Å². The van der Waals surface area contributed by atoms with Gasteiger partial charge in [-0.15, -0.1) is 0 Å². The molecule has 0 spiro atoms. The van der Waals surface area contributed by atoms with Gasteiger partial charge in [0.25, 0.3) is 0 Å². The van der Waals surface area contributed by atoms with Crippen molar-refractivity contribution in [3.05, 3.63) is 186 Å². The van der Waals surface area contributed by atoms with E-state index >= 15 is 0 Å². The van der Waals surface area contributed by atoms with E-state index in [9.17, 15) is 15.0 Å². The highest BCUT2D eigenvalue weighted by atomic mass is 35.5. The summed E-state index contributed by atoms with van der Waals surface area (Å²) in [6.07, 6.45) is 3.94. The molecule has 61 heavy (non-hydrogen) atoms. The minimum atomic E-state index is -0.510. The standard InChI is InChI=1S/C22H16Cl3N3O.C9H6ClNO.C7H4Cl2O.C6H8N2.2CH4/c1-12-4-2-6-19(27-12)28-20(13-8-14(23)10-15(24)9-13)17-11-18(25)16-5-3-7-26-21(16)22(17)29;10-7-3-4-8(12)9-6(7)2-1-5-11-9;8-6-1-5(4-10)2-7(9)3-6;1-5-3-2-4-6(7)8-5;;/h2-11,20,29H,1H3,(H,27,28);1-5,12H;1-4H;2-4H,1H3,(H2,7,8);2*1H4. The van der Waals surface area contributed by atoms with Gasteiger partial charge in [0, 0.05) is 65.8 Å². The molecule has 316 valence electrons. The van der Waals surface area contributed by atoms with Gasteiger partial charge < -0.3 is 21.3 Å². The average molecular weight is 940 g/mol. The Bertz CT molecular complexity index is 2640. The lowest BCUT2D eigenvalue weighted by Gasteiger charge is -2.23. The lowest BCUT2D eigenvalue weighted by Crippen LogP contribution is -2.14. The second-order valence-corrected chi connectivity index (χ2v) is 15.2. The van der Waals surface area contributed by atoms with Crippen LogP contribution < -0.4 is 11.1 Å². The van der Waals surface area contributed by atoms with Crippen molar-refractivity contribution in [2.75, 3.05) is 11.1 Å². The molecule has 0 radical (unpaired) electrons. The Morgan fingerprint density at radius 1 is 0.623 bits per heavy atom. The SMILES string of the molecule is C.C.Cc1cccc(N)n1.Cc1cccc(NC(c2cc(Cl)cc(Cl)c2)c2cc(Cl)c3cccnc3c2O)n1.O=Cc1cc(Cl)cc(Cl)c1.Oc1ccc(Cl)c2cccnc12. The molecule has 15 heteroatoms. The van der Waals surface area contributed by atoms with Crippen LogP contribution in [0.25, 0.3) is 21.8 Å². The Balaban J connectivity index is 0.000000254. The van der Waals surface area contributed by atoms with Crippen LogP contribution in [0.1, 0.15) is 53.8 Å². The summed E-state index contributed by atoms with van der Waals surface area (Å²) in [4.78, 5) is 27.0. The first kappa shape index (κ1) is 50.0. The van der Waals surface area contributed by atoms with Gasteiger partial charge >= 0.3 is 0 Å². The van der Waals surface area contributed by atoms with Crippen LogP contribution in [0.5, 0.6) is 11.5 Å². The zero-order chi connectivity index (χ0) is 42.6. The summed E-state index contributed by atoms with van der Waals surface area (Å²) in [7, 11) is 0. The molecule has 0 saturated carbocycles. The number of aromatic nitrogens is 4. The molecular weight excluding hydrogens is 897 g/mol. The molecule has 0 fully saturated rings. The van der Waals surface area contributed by atoms with Gasteiger partial charge in [-0.2, -0.15) is 0 Å². The number of benzene rings is 4. The topological polar surface area (TPSA) is 147 Å². The van der Waals surface area contributed by atoms with E-state index < -0.39 is 6.04 Å². The molecule has 8 aromatic rings. The number of nitrogens with two attached hydrogens (primary N) is 1. The van der Waals surface area contributed by atoms with Gasteiger partial charge in [-0.05, 0) is 123 Å². The highest BCUT2D eigenvalue weighted by Crippen LogP contribution is 2.40. The number of fused-ring (bicyclic) bond motifs is 2. The van der Waals surface area contributed by atoms with E-state index in [4.69, 9.17) is 75.3 Å². The third-order valence-electron chi connectivity index (χ3n) is 8.18. The Hall–Kier alpha value is -5.39. The van der Waals surface area contributed by atoms with Gasteiger partial charge in [-0.25, -0.2) is 9.97 Å². The summed E-state index contributed by atoms with van der Waals surface area (Å²) in [6.45, 7) is 3.82. The maximum Gasteiger partial charge on any atom is 0.150 e. The van der Waals surface area contributed by atoms with E-state index in [2.05, 4.69) is 25.3 Å². The minimum Gasteiger partial charge on any atom is -0.506 e. The molecule has 0 amide bonds. The van der Waals surface area contributed by atoms with Crippen LogP contribution in [-0.4, -0.2) is 36.4 Å². The number of nitrogen functional groups attached to an aromatic ring is 1. The Morgan fingerprint density at radius 3 is 1.69 bits per heavy atom. The maximum absolute atomic E-state index is 11.0. The predicted octanol–water partition coefficient (Wildman–Crippen LogP) is 14.4. The Kier molecular flexibility index (Phi) is 19.3. The smallest absolute Gasteiger partial charge is 0.150 e. The third-order valence-corrected chi connectivity index (χ3v) is 9.70. The van der Waals surface area contributed by atoms with Crippen LogP contribution in [0.4, 0.5) is 11.6 Å². The second-order valence-electron chi connectivity index (χ2n) is 12.6. The Labute approximate surface area is 385 Å². The molecule has 8 rings (SSSR count). The van der Waals surface area contributed by atoms with Gasteiger partial charge in [-0.1, -0.05) is 96.6 Å². The number of hydrogen-bond acceptors (Lipinski definition) is 9. The van der Waals surface area contributed by atoms with Gasteiger partial charge in [-0.3, -0.25) is 14.8 Å². The van der Waals surface area contributed by atoms with E-state index in [-0.39, 0.29) is 26.4 Å². The molecule has 1 atom stereocenters. The number of nitrogens with zero attached hydrogens (tertiary/aromatic N) is 4. The number of nitrogens with one attached hydrogen (secondary N) is 1. The van der Waals surface area contributed by atoms with E-state index in [1.165, 1.54) is 6.07 Å². The second kappa shape index (κ2) is 23.6. The first-order valence-electron chi connectivity index (χ1n) is 17.5. The van der Waals surface area contributed by atoms with Gasteiger partial charge in [0.05, 0.1) is 16.1 Å². The number of rotatable bonds is 5. The largest absolute Gasteiger partial charge is 0.506 e. The van der Waals surface area contributed by atoms with Crippen molar-refractivity contribution in [1.82, 2.24) is 19.9 Å². The summed E-state index contributed by atoms with van der Waals surface area (Å²) in [5, 5.41) is 28.2. The highest BCUT2D eigenvalue weighted by molar-refractivity contribution is 6.36. The van der Waals surface area contributed by atoms with Crippen molar-refractivity contribution in [3.63, 3.8) is 0 Å². The highest BCUT2D eigenvalue weighted by Gasteiger charge is 2.23. The summed E-state index contributed by atoms with van der Waals surface area (Å²) < 4.78 is 0. The molecule has 9 nitrogen and oxygen atoms in total. The van der Waals surface area contributed by atoms with Crippen LogP contribution >= 0.6 is 69.6 Å². The van der Waals surface area contributed by atoms with Gasteiger partial charge in [0.15, 0.2) is 0 Å². The van der Waals surface area contributed by atoms with Crippen LogP contribution in [-0.2, 0) is 0 Å². The molecule has 5 N–H and O–H groups in total. The zero-order valence-electron chi connectivity index (χ0n) is 31.2. The molecular formula is C46H42Cl6N6O3. The molecule has 4 aromatic heterocycles. The van der Waals surface area contributed by atoms with Crippen molar-refractivity contribution in [2.45, 2.75) is 34.7 Å². The van der Waals surface area contributed by atoms with Crippen LogP contribution in [0.3, 0.4) is 0 Å². The van der Waals surface area contributed by atoms with Crippen molar-refractivity contribution in [1.29, 1.82) is 0 Å². The fourth-order valence-corrected chi connectivity index (χ4v) is 7.18. The quantitative estimate of drug-likeness (QED) is 0.124. The number of halogens is 6. The van der Waals surface area contributed by atoms with Gasteiger partial charge in [0.2, 0.25) is 0 Å². The maximum atomic E-state index is 11.0. The average Bonchev–Trinajstić information content (AvgIpc) is 3.20. The number of hydrogen-bond donors (Lipinski definition) is 4. The van der Waals surface area contributed by atoms with Crippen LogP contribution in [0.2, 0.25) is 30.1 Å². The number of pyridine rings is 4. The normalized spacial score (nSPS) is 10.6. The van der Waals surface area contributed by atoms with E-state index in [1.807, 2.05) is 56.3 Å². The number of carbonyl (C=O) groups excluding carboxylic acids is 1. The number of carbonyl (C=O) groups is 1. The van der Waals surface area contributed by atoms with Crippen molar-refractivity contribution >= 4 is 109 Å². The summed E-state index contributed by atoms with van der Waals surface area (Å²) in [5.41, 5.74) is 9.94. The number of aldehydes is 1. The molecule has 4 aromatic carbocycles. The number of phenolic OH excluding ortho intramolecular Hbond substituents is 2. The lowest BCUT2D eigenvalue weighted by molar-refractivity contribution is 0.112. The van der Waals surface area contributed by atoms with Crippen molar-refractivity contribution in [2.24, 2.45) is 0 Å². The first-order valence-corrected chi connectivity index (χ1v) is 19.7. The van der Waals surface area contributed by atoms with Crippen LogP contribution in [0, 0.1) is 13.8 Å². The molecule has 0 aliphatic rings. The van der Waals surface area contributed by atoms with E-state index in [0.29, 0.717) is 75.6 Å². The molecule has 0 bridgehead atoms. The first-order chi connectivity index (χ1) is 28.2. The van der Waals surface area contributed by atoms with Crippen molar-refractivity contribution < 1.29 is 15.0 Å². The predicted molar refractivity (Wildman–Crippen MR) is 256 cm³/mol. The van der Waals surface area contributed by atoms with E-state index in [0.717, 1.165) is 22.3 Å². The van der Waals surface area contributed by atoms with Crippen molar-refractivity contribution in [3.8, 4) is 11.5 Å². The number of phenols is 2. The van der Waals surface area contributed by atoms with Crippen LogP contribution in [0.15, 0.2) is 128 Å².